The first-order valence-electron chi connectivity index (χ1n) is 8.16. The maximum Gasteiger partial charge on any atom is 0.343 e. The largest absolute Gasteiger partial charge is 0.423 e. The molecule has 2 aromatic rings. The predicted octanol–water partition coefficient (Wildman–Crippen LogP) is 4.65. The van der Waals surface area contributed by atoms with Crippen molar-refractivity contribution in [3.8, 4) is 11.8 Å². The molecule has 0 aromatic heterocycles. The van der Waals surface area contributed by atoms with Gasteiger partial charge in [0.15, 0.2) is 0 Å². The van der Waals surface area contributed by atoms with E-state index in [4.69, 9.17) is 10.00 Å². The van der Waals surface area contributed by atoms with Crippen molar-refractivity contribution < 1.29 is 13.9 Å². The van der Waals surface area contributed by atoms with Gasteiger partial charge in [0.05, 0.1) is 11.1 Å². The average molecular weight is 323 g/mol. The van der Waals surface area contributed by atoms with Crippen molar-refractivity contribution in [2.75, 3.05) is 0 Å². The number of hydrogen-bond donors (Lipinski definition) is 0. The number of nitrogens with zero attached hydrogens (tertiary/aromatic N) is 1. The lowest BCUT2D eigenvalue weighted by Gasteiger charge is -2.09. The molecular formula is C20H18FNO2. The van der Waals surface area contributed by atoms with Gasteiger partial charge in [0, 0.05) is 6.07 Å². The summed E-state index contributed by atoms with van der Waals surface area (Å²) in [5, 5.41) is 8.70. The molecule has 3 rings (SSSR count). The molecule has 0 amide bonds. The van der Waals surface area contributed by atoms with Crippen LogP contribution in [0.1, 0.15) is 47.2 Å². The molecule has 0 bridgehead atoms. The Kier molecular flexibility index (Phi) is 4.90. The summed E-state index contributed by atoms with van der Waals surface area (Å²) in [5.41, 5.74) is 1.57. The fourth-order valence-electron chi connectivity index (χ4n) is 3.14. The minimum atomic E-state index is -0.699. The maximum absolute atomic E-state index is 13.5. The van der Waals surface area contributed by atoms with E-state index in [-0.39, 0.29) is 11.3 Å². The van der Waals surface area contributed by atoms with Crippen molar-refractivity contribution >= 4 is 5.97 Å². The van der Waals surface area contributed by atoms with E-state index in [2.05, 4.69) is 0 Å². The molecule has 0 unspecified atom stereocenters. The van der Waals surface area contributed by atoms with Gasteiger partial charge in [-0.15, -0.1) is 0 Å². The SMILES string of the molecule is N#Cc1ccc(OC(=O)c2ccc(CC3CCCC3)cc2)cc1F. The molecule has 1 aliphatic rings. The van der Waals surface area contributed by atoms with Gasteiger partial charge >= 0.3 is 5.97 Å². The molecule has 1 fully saturated rings. The zero-order chi connectivity index (χ0) is 16.9. The summed E-state index contributed by atoms with van der Waals surface area (Å²) in [6.45, 7) is 0. The molecule has 2 aromatic carbocycles. The lowest BCUT2D eigenvalue weighted by atomic mass is 9.97. The topological polar surface area (TPSA) is 50.1 Å². The van der Waals surface area contributed by atoms with Gasteiger partial charge in [0.2, 0.25) is 0 Å². The Bertz CT molecular complexity index is 771. The van der Waals surface area contributed by atoms with Crippen LogP contribution in [0.3, 0.4) is 0 Å². The van der Waals surface area contributed by atoms with Crippen LogP contribution in [-0.2, 0) is 6.42 Å². The highest BCUT2D eigenvalue weighted by Crippen LogP contribution is 2.28. The van der Waals surface area contributed by atoms with E-state index in [0.717, 1.165) is 18.4 Å². The molecular weight excluding hydrogens is 305 g/mol. The minimum absolute atomic E-state index is 0.0777. The number of carbonyl (C=O) groups excluding carboxylic acids is 1. The monoisotopic (exact) mass is 323 g/mol. The number of benzene rings is 2. The number of carbonyl (C=O) groups is 1. The zero-order valence-electron chi connectivity index (χ0n) is 13.3. The van der Waals surface area contributed by atoms with Crippen molar-refractivity contribution in [3.63, 3.8) is 0 Å². The van der Waals surface area contributed by atoms with Crippen LogP contribution in [0.4, 0.5) is 4.39 Å². The molecule has 0 spiro atoms. The van der Waals surface area contributed by atoms with E-state index in [0.29, 0.717) is 5.56 Å². The van der Waals surface area contributed by atoms with E-state index in [9.17, 15) is 9.18 Å². The highest BCUT2D eigenvalue weighted by Gasteiger charge is 2.16. The molecule has 3 nitrogen and oxygen atoms in total. The minimum Gasteiger partial charge on any atom is -0.423 e. The Morgan fingerprint density at radius 3 is 2.50 bits per heavy atom. The third kappa shape index (κ3) is 3.80. The second-order valence-electron chi connectivity index (χ2n) is 6.19. The molecule has 24 heavy (non-hydrogen) atoms. The Hall–Kier alpha value is -2.67. The van der Waals surface area contributed by atoms with Crippen molar-refractivity contribution in [3.05, 3.63) is 65.0 Å². The number of hydrogen-bond acceptors (Lipinski definition) is 3. The van der Waals surface area contributed by atoms with Gasteiger partial charge in [0.1, 0.15) is 17.6 Å². The van der Waals surface area contributed by atoms with Gasteiger partial charge in [-0.05, 0) is 42.2 Å². The van der Waals surface area contributed by atoms with Crippen LogP contribution in [0.5, 0.6) is 5.75 Å². The Morgan fingerprint density at radius 2 is 1.88 bits per heavy atom. The average Bonchev–Trinajstić information content (AvgIpc) is 3.08. The fraction of sp³-hybridized carbons (Fsp3) is 0.300. The van der Waals surface area contributed by atoms with Crippen LogP contribution in [0.25, 0.3) is 0 Å². The first kappa shape index (κ1) is 16.2. The van der Waals surface area contributed by atoms with E-state index >= 15 is 0 Å². The van der Waals surface area contributed by atoms with E-state index in [1.165, 1.54) is 43.4 Å². The summed E-state index contributed by atoms with van der Waals surface area (Å²) in [6.07, 6.45) is 6.25. The predicted molar refractivity (Wildman–Crippen MR) is 88.2 cm³/mol. The molecule has 0 aliphatic heterocycles. The molecule has 1 aliphatic carbocycles. The standard InChI is InChI=1S/C20H18FNO2/c21-19-12-18(10-9-17(19)13-22)24-20(23)16-7-5-15(6-8-16)11-14-3-1-2-4-14/h5-10,12,14H,1-4,11H2. The van der Waals surface area contributed by atoms with Crippen molar-refractivity contribution in [1.82, 2.24) is 0 Å². The normalized spacial score (nSPS) is 14.3. The summed E-state index contributed by atoms with van der Waals surface area (Å²) in [6, 6.07) is 12.9. The summed E-state index contributed by atoms with van der Waals surface area (Å²) in [7, 11) is 0. The van der Waals surface area contributed by atoms with Crippen LogP contribution < -0.4 is 4.74 Å². The highest BCUT2D eigenvalue weighted by molar-refractivity contribution is 5.91. The van der Waals surface area contributed by atoms with E-state index < -0.39 is 11.8 Å². The first-order chi connectivity index (χ1) is 11.7. The van der Waals surface area contributed by atoms with E-state index in [1.54, 1.807) is 18.2 Å². The fourth-order valence-corrected chi connectivity index (χ4v) is 3.14. The number of nitriles is 1. The van der Waals surface area contributed by atoms with Crippen LogP contribution in [0.2, 0.25) is 0 Å². The Balaban J connectivity index is 1.64. The van der Waals surface area contributed by atoms with Gasteiger partial charge < -0.3 is 4.74 Å². The number of halogens is 1. The number of rotatable bonds is 4. The lowest BCUT2D eigenvalue weighted by Crippen LogP contribution is -2.09. The molecule has 1 saturated carbocycles. The molecule has 4 heteroatoms. The highest BCUT2D eigenvalue weighted by atomic mass is 19.1. The summed E-state index contributed by atoms with van der Waals surface area (Å²) >= 11 is 0. The van der Waals surface area contributed by atoms with Crippen molar-refractivity contribution in [2.45, 2.75) is 32.1 Å². The van der Waals surface area contributed by atoms with Gasteiger partial charge in [-0.3, -0.25) is 0 Å². The second kappa shape index (κ2) is 7.27. The smallest absolute Gasteiger partial charge is 0.343 e. The van der Waals surface area contributed by atoms with Gasteiger partial charge in [0.25, 0.3) is 0 Å². The quantitative estimate of drug-likeness (QED) is 0.608. The van der Waals surface area contributed by atoms with Gasteiger partial charge in [-0.1, -0.05) is 37.8 Å². The Morgan fingerprint density at radius 1 is 1.17 bits per heavy atom. The van der Waals surface area contributed by atoms with E-state index in [1.807, 2.05) is 12.1 Å². The number of esters is 1. The van der Waals surface area contributed by atoms with Crippen LogP contribution in [0, 0.1) is 23.1 Å². The van der Waals surface area contributed by atoms with Crippen molar-refractivity contribution in [1.29, 1.82) is 5.26 Å². The third-order valence-electron chi connectivity index (χ3n) is 4.46. The third-order valence-corrected chi connectivity index (χ3v) is 4.46. The number of ether oxygens (including phenoxy) is 1. The van der Waals surface area contributed by atoms with Crippen LogP contribution in [0.15, 0.2) is 42.5 Å². The molecule has 0 atom stereocenters. The van der Waals surface area contributed by atoms with Gasteiger partial charge in [-0.25, -0.2) is 9.18 Å². The van der Waals surface area contributed by atoms with Crippen molar-refractivity contribution in [2.24, 2.45) is 5.92 Å². The summed E-state index contributed by atoms with van der Waals surface area (Å²) in [5.74, 6) is -0.391. The molecule has 0 heterocycles. The molecule has 0 radical (unpaired) electrons. The second-order valence-corrected chi connectivity index (χ2v) is 6.19. The zero-order valence-corrected chi connectivity index (χ0v) is 13.3. The summed E-state index contributed by atoms with van der Waals surface area (Å²) in [4.78, 5) is 12.1. The molecule has 122 valence electrons. The maximum atomic E-state index is 13.5. The molecule has 0 saturated heterocycles. The van der Waals surface area contributed by atoms with Crippen LogP contribution in [-0.4, -0.2) is 5.97 Å². The summed E-state index contributed by atoms with van der Waals surface area (Å²) < 4.78 is 18.7. The van der Waals surface area contributed by atoms with Gasteiger partial charge in [-0.2, -0.15) is 5.26 Å². The first-order valence-corrected chi connectivity index (χ1v) is 8.16. The van der Waals surface area contributed by atoms with Crippen LogP contribution >= 0.6 is 0 Å². The Labute approximate surface area is 140 Å². The molecule has 0 N–H and O–H groups in total. The lowest BCUT2D eigenvalue weighted by molar-refractivity contribution is 0.0734.